The molecule has 0 fully saturated rings. The van der Waals surface area contributed by atoms with Crippen LogP contribution in [0.2, 0.25) is 0 Å². The Kier molecular flexibility index (Phi) is 3.23. The lowest BCUT2D eigenvalue weighted by Crippen LogP contribution is -1.98. The summed E-state index contributed by atoms with van der Waals surface area (Å²) in [6.45, 7) is 1.91. The number of hydrogen-bond donors (Lipinski definition) is 1. The molecule has 21 heavy (non-hydrogen) atoms. The summed E-state index contributed by atoms with van der Waals surface area (Å²) in [5.41, 5.74) is 0.984. The topological polar surface area (TPSA) is 75.2 Å². The van der Waals surface area contributed by atoms with Gasteiger partial charge in [-0.1, -0.05) is 36.4 Å². The molecule has 0 aliphatic heterocycles. The average molecular weight is 280 g/mol. The van der Waals surface area contributed by atoms with E-state index in [1.54, 1.807) is 24.3 Å². The van der Waals surface area contributed by atoms with Crippen molar-refractivity contribution in [3.8, 4) is 5.95 Å². The standard InChI is InChI=1S/C16H12N2O3/c1-10-6-2-5-9-13(10)17-18-14-11-7-3-4-8-12(11)15(19)21-16(14)20/h2-9,19H,1H3. The first-order valence-corrected chi connectivity index (χ1v) is 6.39. The van der Waals surface area contributed by atoms with Crippen LogP contribution in [-0.4, -0.2) is 5.11 Å². The van der Waals surface area contributed by atoms with Crippen LogP contribution in [0.3, 0.4) is 0 Å². The number of nitrogens with zero attached hydrogens (tertiary/aromatic N) is 2. The first-order valence-electron chi connectivity index (χ1n) is 6.39. The van der Waals surface area contributed by atoms with E-state index >= 15 is 0 Å². The van der Waals surface area contributed by atoms with Crippen molar-refractivity contribution < 1.29 is 9.52 Å². The number of benzene rings is 2. The summed E-state index contributed by atoms with van der Waals surface area (Å²) in [6, 6.07) is 14.3. The first kappa shape index (κ1) is 13.1. The molecule has 5 heteroatoms. The smallest absolute Gasteiger partial charge is 0.367 e. The molecule has 5 nitrogen and oxygen atoms in total. The Morgan fingerprint density at radius 3 is 2.38 bits per heavy atom. The number of azo groups is 1. The highest BCUT2D eigenvalue weighted by Crippen LogP contribution is 2.30. The maximum absolute atomic E-state index is 11.9. The van der Waals surface area contributed by atoms with E-state index < -0.39 is 11.6 Å². The Balaban J connectivity index is 2.18. The van der Waals surface area contributed by atoms with Crippen LogP contribution in [-0.2, 0) is 0 Å². The Labute approximate surface area is 120 Å². The number of fused-ring (bicyclic) bond motifs is 1. The fraction of sp³-hybridized carbons (Fsp3) is 0.0625. The molecule has 0 radical (unpaired) electrons. The maximum atomic E-state index is 11.9. The molecule has 0 unspecified atom stereocenters. The summed E-state index contributed by atoms with van der Waals surface area (Å²) in [6.07, 6.45) is 0. The predicted molar refractivity (Wildman–Crippen MR) is 79.5 cm³/mol. The van der Waals surface area contributed by atoms with Crippen LogP contribution in [0.5, 0.6) is 5.95 Å². The van der Waals surface area contributed by atoms with Gasteiger partial charge < -0.3 is 9.52 Å². The van der Waals surface area contributed by atoms with Crippen molar-refractivity contribution in [1.82, 2.24) is 0 Å². The third kappa shape index (κ3) is 2.41. The van der Waals surface area contributed by atoms with Gasteiger partial charge in [0, 0.05) is 5.39 Å². The molecule has 0 aliphatic rings. The molecule has 104 valence electrons. The maximum Gasteiger partial charge on any atom is 0.367 e. The molecule has 0 spiro atoms. The van der Waals surface area contributed by atoms with E-state index in [0.29, 0.717) is 16.5 Å². The van der Waals surface area contributed by atoms with Crippen molar-refractivity contribution in [2.45, 2.75) is 6.92 Å². The lowest BCUT2D eigenvalue weighted by molar-refractivity contribution is 0.318. The number of aromatic hydroxyl groups is 1. The first-order chi connectivity index (χ1) is 10.2. The molecule has 2 aromatic carbocycles. The van der Waals surface area contributed by atoms with E-state index in [9.17, 15) is 9.90 Å². The summed E-state index contributed by atoms with van der Waals surface area (Å²) >= 11 is 0. The minimum Gasteiger partial charge on any atom is -0.480 e. The molecule has 0 saturated carbocycles. The largest absolute Gasteiger partial charge is 0.480 e. The van der Waals surface area contributed by atoms with Gasteiger partial charge in [-0.15, -0.1) is 5.11 Å². The summed E-state index contributed by atoms with van der Waals surface area (Å²) in [7, 11) is 0. The summed E-state index contributed by atoms with van der Waals surface area (Å²) in [5.74, 6) is -0.412. The van der Waals surface area contributed by atoms with Crippen molar-refractivity contribution in [3.63, 3.8) is 0 Å². The molecule has 1 N–H and O–H groups in total. The van der Waals surface area contributed by atoms with Gasteiger partial charge in [0.2, 0.25) is 0 Å². The molecule has 0 amide bonds. The van der Waals surface area contributed by atoms with E-state index in [-0.39, 0.29) is 5.69 Å². The highest BCUT2D eigenvalue weighted by Gasteiger charge is 2.11. The average Bonchev–Trinajstić information content (AvgIpc) is 2.49. The fourth-order valence-corrected chi connectivity index (χ4v) is 2.05. The van der Waals surface area contributed by atoms with Gasteiger partial charge in [-0.05, 0) is 24.6 Å². The van der Waals surface area contributed by atoms with Crippen molar-refractivity contribution in [3.05, 3.63) is 64.5 Å². The summed E-state index contributed by atoms with van der Waals surface area (Å²) < 4.78 is 4.79. The van der Waals surface area contributed by atoms with E-state index in [1.165, 1.54) is 0 Å². The van der Waals surface area contributed by atoms with Gasteiger partial charge in [0.05, 0.1) is 11.1 Å². The van der Waals surface area contributed by atoms with Gasteiger partial charge in [-0.2, -0.15) is 5.11 Å². The second-order valence-electron chi connectivity index (χ2n) is 4.58. The van der Waals surface area contributed by atoms with E-state index in [2.05, 4.69) is 10.2 Å². The normalized spacial score (nSPS) is 11.3. The third-order valence-corrected chi connectivity index (χ3v) is 3.17. The lowest BCUT2D eigenvalue weighted by Gasteiger charge is -2.01. The van der Waals surface area contributed by atoms with Crippen molar-refractivity contribution in [2.24, 2.45) is 10.2 Å². The minimum atomic E-state index is -0.719. The van der Waals surface area contributed by atoms with Crippen LogP contribution in [0.4, 0.5) is 11.4 Å². The van der Waals surface area contributed by atoms with E-state index in [1.807, 2.05) is 31.2 Å². The van der Waals surface area contributed by atoms with Gasteiger partial charge in [-0.3, -0.25) is 0 Å². The molecular formula is C16H12N2O3. The molecule has 0 bridgehead atoms. The molecular weight excluding hydrogens is 268 g/mol. The third-order valence-electron chi connectivity index (χ3n) is 3.17. The van der Waals surface area contributed by atoms with Crippen LogP contribution in [0, 0.1) is 6.92 Å². The predicted octanol–water partition coefficient (Wildman–Crippen LogP) is 4.22. The van der Waals surface area contributed by atoms with Crippen molar-refractivity contribution >= 4 is 22.1 Å². The Bertz CT molecular complexity index is 897. The van der Waals surface area contributed by atoms with Crippen LogP contribution >= 0.6 is 0 Å². The van der Waals surface area contributed by atoms with Crippen molar-refractivity contribution in [1.29, 1.82) is 0 Å². The Morgan fingerprint density at radius 2 is 1.62 bits per heavy atom. The number of aryl methyl sites for hydroxylation is 1. The molecule has 3 aromatic rings. The van der Waals surface area contributed by atoms with Gasteiger partial charge >= 0.3 is 5.63 Å². The molecule has 1 aromatic heterocycles. The zero-order valence-corrected chi connectivity index (χ0v) is 11.3. The highest BCUT2D eigenvalue weighted by atomic mass is 16.5. The Morgan fingerprint density at radius 1 is 0.952 bits per heavy atom. The minimum absolute atomic E-state index is 0.0756. The molecule has 0 aliphatic carbocycles. The van der Waals surface area contributed by atoms with Crippen LogP contribution < -0.4 is 5.63 Å². The van der Waals surface area contributed by atoms with Crippen LogP contribution in [0.1, 0.15) is 5.56 Å². The Hall–Kier alpha value is -2.95. The monoisotopic (exact) mass is 280 g/mol. The SMILES string of the molecule is Cc1ccccc1N=Nc1c(=O)oc(O)c2ccccc12. The lowest BCUT2D eigenvalue weighted by atomic mass is 10.1. The molecule has 1 heterocycles. The van der Waals surface area contributed by atoms with E-state index in [0.717, 1.165) is 5.56 Å². The fourth-order valence-electron chi connectivity index (χ4n) is 2.05. The number of rotatable bonds is 2. The quantitative estimate of drug-likeness (QED) is 0.714. The van der Waals surface area contributed by atoms with Gasteiger partial charge in [0.25, 0.3) is 5.95 Å². The summed E-state index contributed by atoms with van der Waals surface area (Å²) in [5, 5.41) is 18.7. The second kappa shape index (κ2) is 5.20. The van der Waals surface area contributed by atoms with Crippen molar-refractivity contribution in [2.75, 3.05) is 0 Å². The van der Waals surface area contributed by atoms with Gasteiger partial charge in [0.1, 0.15) is 0 Å². The second-order valence-corrected chi connectivity index (χ2v) is 4.58. The zero-order valence-electron chi connectivity index (χ0n) is 11.3. The molecule has 0 saturated heterocycles. The number of hydrogen-bond acceptors (Lipinski definition) is 5. The zero-order chi connectivity index (χ0) is 14.8. The molecule has 0 atom stereocenters. The van der Waals surface area contributed by atoms with Crippen LogP contribution in [0.15, 0.2) is 68.0 Å². The highest BCUT2D eigenvalue weighted by molar-refractivity contribution is 5.94. The molecule has 3 rings (SSSR count). The van der Waals surface area contributed by atoms with Gasteiger partial charge in [-0.25, -0.2) is 4.79 Å². The summed E-state index contributed by atoms with van der Waals surface area (Å²) in [4.78, 5) is 11.9. The van der Waals surface area contributed by atoms with Crippen LogP contribution in [0.25, 0.3) is 10.8 Å². The van der Waals surface area contributed by atoms with E-state index in [4.69, 9.17) is 4.42 Å². The van der Waals surface area contributed by atoms with Gasteiger partial charge in [0.15, 0.2) is 5.69 Å².